The van der Waals surface area contributed by atoms with E-state index >= 15 is 0 Å². The summed E-state index contributed by atoms with van der Waals surface area (Å²) in [7, 11) is 0. The monoisotopic (exact) mass is 359 g/mol. The Balaban J connectivity index is 1.46. The first kappa shape index (κ1) is 17.9. The van der Waals surface area contributed by atoms with Crippen molar-refractivity contribution in [3.05, 3.63) is 29.8 Å². The number of rotatable bonds is 5. The van der Waals surface area contributed by atoms with Gasteiger partial charge in [-0.1, -0.05) is 17.7 Å². The van der Waals surface area contributed by atoms with Gasteiger partial charge in [0.25, 0.3) is 5.91 Å². The van der Waals surface area contributed by atoms with Gasteiger partial charge in [0.15, 0.2) is 6.61 Å². The molecule has 26 heavy (non-hydrogen) atoms. The van der Waals surface area contributed by atoms with Crippen LogP contribution in [-0.2, 0) is 19.1 Å². The number of urea groups is 1. The Morgan fingerprint density at radius 3 is 2.54 bits per heavy atom. The number of nitrogens with zero attached hydrogens (tertiary/aromatic N) is 1. The molecule has 0 unspecified atom stereocenters. The number of ether oxygens (including phenoxy) is 1. The van der Waals surface area contributed by atoms with Crippen LogP contribution in [0.25, 0.3) is 0 Å². The van der Waals surface area contributed by atoms with Crippen molar-refractivity contribution in [1.82, 2.24) is 10.6 Å². The quantitative estimate of drug-likeness (QED) is 0.760. The number of nitrogens with one attached hydrogen (secondary N) is 2. The van der Waals surface area contributed by atoms with Gasteiger partial charge in [-0.3, -0.25) is 19.7 Å². The molecule has 1 heterocycles. The molecule has 138 valence electrons. The van der Waals surface area contributed by atoms with Crippen LogP contribution in [0.15, 0.2) is 24.3 Å². The lowest BCUT2D eigenvalue weighted by atomic mass is 10.1. The van der Waals surface area contributed by atoms with Crippen LogP contribution in [0, 0.1) is 12.8 Å². The summed E-state index contributed by atoms with van der Waals surface area (Å²) in [4.78, 5) is 48.9. The topological polar surface area (TPSA) is 105 Å². The maximum atomic E-state index is 12.2. The van der Waals surface area contributed by atoms with E-state index in [1.807, 2.05) is 31.2 Å². The molecule has 1 aliphatic heterocycles. The van der Waals surface area contributed by atoms with E-state index in [2.05, 4.69) is 10.6 Å². The normalized spacial score (nSPS) is 19.2. The van der Waals surface area contributed by atoms with Gasteiger partial charge in [-0.2, -0.15) is 0 Å². The summed E-state index contributed by atoms with van der Waals surface area (Å²) in [6, 6.07) is 6.98. The standard InChI is InChI=1S/C18H21N3O5/c1-11-2-6-14(7-3-11)21-9-12(8-16(21)23)17(24)26-10-15(22)20-18(25)19-13-4-5-13/h2-3,6-7,12-13H,4-5,8-10H2,1H3,(H2,19,20,22,25)/t12-/m1/s1. The van der Waals surface area contributed by atoms with Crippen LogP contribution in [0.2, 0.25) is 0 Å². The zero-order chi connectivity index (χ0) is 18.7. The molecule has 2 fully saturated rings. The van der Waals surface area contributed by atoms with Crippen molar-refractivity contribution < 1.29 is 23.9 Å². The van der Waals surface area contributed by atoms with E-state index in [1.165, 1.54) is 4.90 Å². The number of hydrogen-bond donors (Lipinski definition) is 2. The molecule has 1 aliphatic carbocycles. The van der Waals surface area contributed by atoms with Crippen LogP contribution in [0.1, 0.15) is 24.8 Å². The minimum Gasteiger partial charge on any atom is -0.455 e. The SMILES string of the molecule is Cc1ccc(N2C[C@H](C(=O)OCC(=O)NC(=O)NC3CC3)CC2=O)cc1. The van der Waals surface area contributed by atoms with E-state index in [1.54, 1.807) is 0 Å². The summed E-state index contributed by atoms with van der Waals surface area (Å²) in [6.07, 6.45) is 1.85. The Bertz CT molecular complexity index is 727. The molecule has 8 heteroatoms. The fraction of sp³-hybridized carbons (Fsp3) is 0.444. The molecule has 1 aromatic rings. The summed E-state index contributed by atoms with van der Waals surface area (Å²) < 4.78 is 4.95. The predicted octanol–water partition coefficient (Wildman–Crippen LogP) is 0.879. The molecule has 0 radical (unpaired) electrons. The first-order valence-electron chi connectivity index (χ1n) is 8.56. The molecule has 0 spiro atoms. The first-order valence-corrected chi connectivity index (χ1v) is 8.56. The summed E-state index contributed by atoms with van der Waals surface area (Å²) in [6.45, 7) is 1.61. The van der Waals surface area contributed by atoms with E-state index in [9.17, 15) is 19.2 Å². The van der Waals surface area contributed by atoms with Crippen LogP contribution in [0.5, 0.6) is 0 Å². The zero-order valence-corrected chi connectivity index (χ0v) is 14.5. The van der Waals surface area contributed by atoms with Gasteiger partial charge >= 0.3 is 12.0 Å². The third-order valence-electron chi connectivity index (χ3n) is 4.32. The Labute approximate surface area is 150 Å². The molecule has 4 amide bonds. The van der Waals surface area contributed by atoms with E-state index in [0.717, 1.165) is 24.1 Å². The highest BCUT2D eigenvalue weighted by Gasteiger charge is 2.36. The predicted molar refractivity (Wildman–Crippen MR) is 92.3 cm³/mol. The van der Waals surface area contributed by atoms with Gasteiger partial charge in [0.05, 0.1) is 5.92 Å². The Morgan fingerprint density at radius 2 is 1.88 bits per heavy atom. The third kappa shape index (κ3) is 4.59. The van der Waals surface area contributed by atoms with Crippen LogP contribution in [-0.4, -0.2) is 43.0 Å². The maximum Gasteiger partial charge on any atom is 0.321 e. The van der Waals surface area contributed by atoms with Crippen LogP contribution < -0.4 is 15.5 Å². The maximum absolute atomic E-state index is 12.2. The minimum atomic E-state index is -0.698. The summed E-state index contributed by atoms with van der Waals surface area (Å²) in [5.41, 5.74) is 1.80. The van der Waals surface area contributed by atoms with E-state index in [-0.39, 0.29) is 24.9 Å². The lowest BCUT2D eigenvalue weighted by Crippen LogP contribution is -2.42. The van der Waals surface area contributed by atoms with E-state index in [0.29, 0.717) is 0 Å². The molecule has 3 rings (SSSR count). The van der Waals surface area contributed by atoms with Crippen LogP contribution >= 0.6 is 0 Å². The average Bonchev–Trinajstić information content (AvgIpc) is 3.32. The summed E-state index contributed by atoms with van der Waals surface area (Å²) in [5, 5.41) is 4.70. The number of amides is 4. The zero-order valence-electron chi connectivity index (χ0n) is 14.5. The van der Waals surface area contributed by atoms with Gasteiger partial charge in [-0.15, -0.1) is 0 Å². The molecular weight excluding hydrogens is 338 g/mol. The number of benzene rings is 1. The van der Waals surface area contributed by atoms with Crippen molar-refractivity contribution in [2.75, 3.05) is 18.1 Å². The fourth-order valence-corrected chi connectivity index (χ4v) is 2.71. The Kier molecular flexibility index (Phi) is 5.20. The second-order valence-corrected chi connectivity index (χ2v) is 6.64. The fourth-order valence-electron chi connectivity index (χ4n) is 2.71. The highest BCUT2D eigenvalue weighted by molar-refractivity contribution is 6.00. The number of hydrogen-bond acceptors (Lipinski definition) is 5. The number of aryl methyl sites for hydroxylation is 1. The molecule has 2 aliphatic rings. The Morgan fingerprint density at radius 1 is 1.19 bits per heavy atom. The second kappa shape index (κ2) is 7.55. The lowest BCUT2D eigenvalue weighted by molar-refractivity contribution is -0.152. The molecular formula is C18H21N3O5. The van der Waals surface area contributed by atoms with Gasteiger partial charge in [0.2, 0.25) is 5.91 Å². The van der Waals surface area contributed by atoms with Crippen molar-refractivity contribution in [2.45, 2.75) is 32.2 Å². The molecule has 2 N–H and O–H groups in total. The summed E-state index contributed by atoms with van der Waals surface area (Å²) >= 11 is 0. The average molecular weight is 359 g/mol. The molecule has 0 aromatic heterocycles. The van der Waals surface area contributed by atoms with Crippen molar-refractivity contribution in [3.63, 3.8) is 0 Å². The Hall–Kier alpha value is -2.90. The number of anilines is 1. The molecule has 1 saturated heterocycles. The third-order valence-corrected chi connectivity index (χ3v) is 4.32. The van der Waals surface area contributed by atoms with Crippen molar-refractivity contribution in [3.8, 4) is 0 Å². The van der Waals surface area contributed by atoms with Crippen molar-refractivity contribution in [2.24, 2.45) is 5.92 Å². The molecule has 1 atom stereocenters. The summed E-state index contributed by atoms with van der Waals surface area (Å²) in [5.74, 6) is -2.11. The highest BCUT2D eigenvalue weighted by atomic mass is 16.5. The van der Waals surface area contributed by atoms with Gasteiger partial charge in [-0.25, -0.2) is 4.79 Å². The number of esters is 1. The molecule has 1 saturated carbocycles. The lowest BCUT2D eigenvalue weighted by Gasteiger charge is -2.16. The van der Waals surface area contributed by atoms with Gasteiger partial charge in [0.1, 0.15) is 0 Å². The first-order chi connectivity index (χ1) is 12.4. The van der Waals surface area contributed by atoms with E-state index in [4.69, 9.17) is 4.74 Å². The van der Waals surface area contributed by atoms with Crippen LogP contribution in [0.3, 0.4) is 0 Å². The van der Waals surface area contributed by atoms with Crippen LogP contribution in [0.4, 0.5) is 10.5 Å². The van der Waals surface area contributed by atoms with E-state index < -0.39 is 30.4 Å². The smallest absolute Gasteiger partial charge is 0.321 e. The highest BCUT2D eigenvalue weighted by Crippen LogP contribution is 2.26. The van der Waals surface area contributed by atoms with Gasteiger partial charge < -0.3 is 15.0 Å². The minimum absolute atomic E-state index is 0.0382. The second-order valence-electron chi connectivity index (χ2n) is 6.64. The number of imide groups is 1. The van der Waals surface area contributed by atoms with Gasteiger partial charge in [0, 0.05) is 24.7 Å². The molecule has 8 nitrogen and oxygen atoms in total. The molecule has 0 bridgehead atoms. The van der Waals surface area contributed by atoms with Crippen molar-refractivity contribution in [1.29, 1.82) is 0 Å². The van der Waals surface area contributed by atoms with Crippen molar-refractivity contribution >= 4 is 29.5 Å². The number of carbonyl (C=O) groups excluding carboxylic acids is 4. The van der Waals surface area contributed by atoms with Gasteiger partial charge in [-0.05, 0) is 31.9 Å². The molecule has 1 aromatic carbocycles. The largest absolute Gasteiger partial charge is 0.455 e. The number of carbonyl (C=O) groups is 4.